The number of nitrogens with two attached hydrogens (primary N) is 1. The van der Waals surface area contributed by atoms with Crippen molar-refractivity contribution in [1.29, 1.82) is 0 Å². The highest BCUT2D eigenvalue weighted by Crippen LogP contribution is 2.14. The number of carbonyl (C=O) groups is 1. The fraction of sp³-hybridized carbons (Fsp3) is 0.667. The van der Waals surface area contributed by atoms with Crippen LogP contribution in [-0.4, -0.2) is 46.4 Å². The standard InChI is InChI=1S/C12H21N5O2S/c1-2-3-7-19-10(18)4-8-20-12-16-9-15-11(17-12)14-6-5-13/h9H,2-8,13H2,1H3,(H,14,15,16,17). The molecule has 3 N–H and O–H groups in total. The fourth-order valence-corrected chi connectivity index (χ4v) is 1.97. The molecule has 0 atom stereocenters. The molecule has 0 saturated heterocycles. The van der Waals surface area contributed by atoms with Crippen LogP contribution in [0, 0.1) is 0 Å². The Kier molecular flexibility index (Phi) is 8.64. The van der Waals surface area contributed by atoms with Gasteiger partial charge in [-0.15, -0.1) is 0 Å². The number of unbranched alkanes of at least 4 members (excludes halogenated alkanes) is 1. The Labute approximate surface area is 123 Å². The first kappa shape index (κ1) is 16.6. The van der Waals surface area contributed by atoms with E-state index in [4.69, 9.17) is 10.5 Å². The highest BCUT2D eigenvalue weighted by molar-refractivity contribution is 7.99. The van der Waals surface area contributed by atoms with Crippen molar-refractivity contribution in [2.75, 3.05) is 30.8 Å². The molecule has 112 valence electrons. The first-order valence-electron chi connectivity index (χ1n) is 6.67. The maximum Gasteiger partial charge on any atom is 0.306 e. The summed E-state index contributed by atoms with van der Waals surface area (Å²) < 4.78 is 5.07. The minimum atomic E-state index is -0.179. The van der Waals surface area contributed by atoms with E-state index in [9.17, 15) is 4.79 Å². The lowest BCUT2D eigenvalue weighted by Crippen LogP contribution is -2.15. The molecule has 8 heteroatoms. The van der Waals surface area contributed by atoms with E-state index in [1.54, 1.807) is 0 Å². The zero-order chi connectivity index (χ0) is 14.6. The van der Waals surface area contributed by atoms with Crippen molar-refractivity contribution in [1.82, 2.24) is 15.0 Å². The minimum absolute atomic E-state index is 0.179. The van der Waals surface area contributed by atoms with Crippen molar-refractivity contribution in [3.8, 4) is 0 Å². The van der Waals surface area contributed by atoms with E-state index < -0.39 is 0 Å². The summed E-state index contributed by atoms with van der Waals surface area (Å²) in [7, 11) is 0. The van der Waals surface area contributed by atoms with Gasteiger partial charge in [-0.3, -0.25) is 4.79 Å². The monoisotopic (exact) mass is 299 g/mol. The second-order valence-corrected chi connectivity index (χ2v) is 5.04. The smallest absolute Gasteiger partial charge is 0.306 e. The molecule has 0 aliphatic rings. The molecule has 1 rings (SSSR count). The van der Waals surface area contributed by atoms with Crippen LogP contribution in [0.15, 0.2) is 11.5 Å². The molecule has 1 aromatic heterocycles. The van der Waals surface area contributed by atoms with Crippen LogP contribution in [0.2, 0.25) is 0 Å². The van der Waals surface area contributed by atoms with Gasteiger partial charge in [-0.1, -0.05) is 25.1 Å². The summed E-state index contributed by atoms with van der Waals surface area (Å²) in [6.45, 7) is 3.68. The third kappa shape index (κ3) is 7.25. The van der Waals surface area contributed by atoms with Crippen molar-refractivity contribution < 1.29 is 9.53 Å². The number of nitrogens with zero attached hydrogens (tertiary/aromatic N) is 3. The first-order valence-corrected chi connectivity index (χ1v) is 7.66. The minimum Gasteiger partial charge on any atom is -0.466 e. The lowest BCUT2D eigenvalue weighted by molar-refractivity contribution is -0.143. The van der Waals surface area contributed by atoms with E-state index in [0.717, 1.165) is 12.8 Å². The van der Waals surface area contributed by atoms with Gasteiger partial charge in [0.05, 0.1) is 13.0 Å². The Morgan fingerprint density at radius 1 is 1.50 bits per heavy atom. The lowest BCUT2D eigenvalue weighted by Gasteiger charge is -2.05. The predicted molar refractivity (Wildman–Crippen MR) is 78.6 cm³/mol. The summed E-state index contributed by atoms with van der Waals surface area (Å²) in [4.78, 5) is 23.6. The number of rotatable bonds is 10. The van der Waals surface area contributed by atoms with Crippen molar-refractivity contribution >= 4 is 23.7 Å². The number of carbonyl (C=O) groups excluding carboxylic acids is 1. The largest absolute Gasteiger partial charge is 0.466 e. The molecule has 0 spiro atoms. The summed E-state index contributed by atoms with van der Waals surface area (Å²) in [5, 5.41) is 3.56. The SMILES string of the molecule is CCCCOC(=O)CCSc1ncnc(NCCN)n1. The molecule has 0 fully saturated rings. The number of esters is 1. The van der Waals surface area contributed by atoms with E-state index in [2.05, 4.69) is 27.2 Å². The van der Waals surface area contributed by atoms with Gasteiger partial charge in [-0.2, -0.15) is 4.98 Å². The molecule has 7 nitrogen and oxygen atoms in total. The topological polar surface area (TPSA) is 103 Å². The number of ether oxygens (including phenoxy) is 1. The molecule has 20 heavy (non-hydrogen) atoms. The Balaban J connectivity index is 2.25. The van der Waals surface area contributed by atoms with E-state index >= 15 is 0 Å². The van der Waals surface area contributed by atoms with E-state index in [1.165, 1.54) is 18.1 Å². The maximum atomic E-state index is 11.4. The highest BCUT2D eigenvalue weighted by Gasteiger charge is 2.05. The van der Waals surface area contributed by atoms with Crippen LogP contribution in [0.25, 0.3) is 0 Å². The van der Waals surface area contributed by atoms with Crippen molar-refractivity contribution in [2.24, 2.45) is 5.73 Å². The molecule has 0 unspecified atom stereocenters. The van der Waals surface area contributed by atoms with Gasteiger partial charge in [0.25, 0.3) is 0 Å². The predicted octanol–water partition coefficient (Wildman–Crippen LogP) is 1.07. The van der Waals surface area contributed by atoms with Crippen LogP contribution in [0.4, 0.5) is 5.95 Å². The van der Waals surface area contributed by atoms with Crippen LogP contribution in [0.1, 0.15) is 26.2 Å². The molecule has 0 aliphatic carbocycles. The second kappa shape index (κ2) is 10.4. The lowest BCUT2D eigenvalue weighted by atomic mass is 10.4. The summed E-state index contributed by atoms with van der Waals surface area (Å²) in [5.41, 5.74) is 5.39. The average molecular weight is 299 g/mol. The average Bonchev–Trinajstić information content (AvgIpc) is 2.46. The summed E-state index contributed by atoms with van der Waals surface area (Å²) in [6.07, 6.45) is 3.72. The molecule has 0 saturated carbocycles. The number of hydrogen-bond acceptors (Lipinski definition) is 8. The van der Waals surface area contributed by atoms with Gasteiger partial charge >= 0.3 is 5.97 Å². The molecule has 1 heterocycles. The third-order valence-corrected chi connectivity index (χ3v) is 3.14. The van der Waals surface area contributed by atoms with Gasteiger partial charge in [0.2, 0.25) is 5.95 Å². The van der Waals surface area contributed by atoms with Crippen LogP contribution in [-0.2, 0) is 9.53 Å². The number of nitrogens with one attached hydrogen (secondary N) is 1. The van der Waals surface area contributed by atoms with Gasteiger partial charge < -0.3 is 15.8 Å². The molecule has 0 bridgehead atoms. The van der Waals surface area contributed by atoms with Crippen molar-refractivity contribution in [3.05, 3.63) is 6.33 Å². The van der Waals surface area contributed by atoms with Gasteiger partial charge in [0.15, 0.2) is 5.16 Å². The molecule has 1 aromatic rings. The van der Waals surface area contributed by atoms with Gasteiger partial charge in [-0.25, -0.2) is 9.97 Å². The quantitative estimate of drug-likeness (QED) is 0.376. The van der Waals surface area contributed by atoms with Gasteiger partial charge in [0.1, 0.15) is 6.33 Å². The van der Waals surface area contributed by atoms with Crippen LogP contribution in [0.5, 0.6) is 0 Å². The van der Waals surface area contributed by atoms with Crippen molar-refractivity contribution in [3.63, 3.8) is 0 Å². The Bertz CT molecular complexity index is 405. The normalized spacial score (nSPS) is 10.3. The summed E-state index contributed by atoms with van der Waals surface area (Å²) in [5.74, 6) is 0.908. The van der Waals surface area contributed by atoms with Crippen molar-refractivity contribution in [2.45, 2.75) is 31.3 Å². The van der Waals surface area contributed by atoms with Gasteiger partial charge in [0, 0.05) is 18.8 Å². The van der Waals surface area contributed by atoms with Crippen LogP contribution >= 0.6 is 11.8 Å². The number of aromatic nitrogens is 3. The highest BCUT2D eigenvalue weighted by atomic mass is 32.2. The molecule has 0 aliphatic heterocycles. The molecule has 0 amide bonds. The van der Waals surface area contributed by atoms with Gasteiger partial charge in [-0.05, 0) is 6.42 Å². The molecule has 0 aromatic carbocycles. The Morgan fingerprint density at radius 3 is 3.10 bits per heavy atom. The number of anilines is 1. The summed E-state index contributed by atoms with van der Waals surface area (Å²) >= 11 is 1.40. The maximum absolute atomic E-state index is 11.4. The zero-order valence-corrected chi connectivity index (χ0v) is 12.5. The van der Waals surface area contributed by atoms with Crippen LogP contribution in [0.3, 0.4) is 0 Å². The molecule has 0 radical (unpaired) electrons. The summed E-state index contributed by atoms with van der Waals surface area (Å²) in [6, 6.07) is 0. The first-order chi connectivity index (χ1) is 9.76. The van der Waals surface area contributed by atoms with E-state index in [-0.39, 0.29) is 5.97 Å². The molecular weight excluding hydrogens is 278 g/mol. The van der Waals surface area contributed by atoms with E-state index in [0.29, 0.717) is 43.0 Å². The van der Waals surface area contributed by atoms with E-state index in [1.807, 2.05) is 0 Å². The molecular formula is C12H21N5O2S. The zero-order valence-electron chi connectivity index (χ0n) is 11.7. The third-order valence-electron chi connectivity index (χ3n) is 2.28. The second-order valence-electron chi connectivity index (χ2n) is 3.98. The number of thioether (sulfide) groups is 1. The fourth-order valence-electron chi connectivity index (χ4n) is 1.25. The van der Waals surface area contributed by atoms with Crippen LogP contribution < -0.4 is 11.1 Å². The Hall–Kier alpha value is -1.41. The number of hydrogen-bond donors (Lipinski definition) is 2. The Morgan fingerprint density at radius 2 is 2.35 bits per heavy atom.